The molecule has 0 heterocycles. The number of rotatable bonds is 2. The molecule has 2 aromatic rings. The molecule has 77 valence electrons. The van der Waals surface area contributed by atoms with Gasteiger partial charge in [-0.15, -0.1) is 0 Å². The molecule has 0 aromatic heterocycles. The third kappa shape index (κ3) is 1.32. The van der Waals surface area contributed by atoms with Crippen molar-refractivity contribution in [2.75, 3.05) is 0 Å². The second-order valence-electron chi connectivity index (χ2n) is 4.08. The number of thiocarbonyl (C=S) groups is 1. The van der Waals surface area contributed by atoms with Gasteiger partial charge in [0.1, 0.15) is 0 Å². The molecule has 0 fully saturated rings. The summed E-state index contributed by atoms with van der Waals surface area (Å²) in [6.45, 7) is 0. The van der Waals surface area contributed by atoms with Crippen LogP contribution in [0.5, 0.6) is 0 Å². The van der Waals surface area contributed by atoms with Crippen LogP contribution in [0.15, 0.2) is 48.5 Å². The van der Waals surface area contributed by atoms with E-state index in [-0.39, 0.29) is 0 Å². The molecule has 0 amide bonds. The van der Waals surface area contributed by atoms with Gasteiger partial charge in [-0.3, -0.25) is 0 Å². The van der Waals surface area contributed by atoms with Crippen LogP contribution in [0.25, 0.3) is 11.1 Å². The Balaban J connectivity index is 2.25. The molecular weight excluding hydrogens is 212 g/mol. The Morgan fingerprint density at radius 3 is 1.88 bits per heavy atom. The van der Waals surface area contributed by atoms with Crippen molar-refractivity contribution < 1.29 is 0 Å². The molecule has 0 aliphatic heterocycles. The van der Waals surface area contributed by atoms with Crippen molar-refractivity contribution >= 4 is 17.6 Å². The maximum atomic E-state index is 4.90. The lowest BCUT2D eigenvalue weighted by molar-refractivity contribution is 0.899. The second kappa shape index (κ2) is 3.84. The van der Waals surface area contributed by atoms with Crippen molar-refractivity contribution in [1.29, 1.82) is 0 Å². The van der Waals surface area contributed by atoms with Crippen LogP contribution in [0.3, 0.4) is 0 Å². The molecule has 1 aliphatic carbocycles. The zero-order valence-corrected chi connectivity index (χ0v) is 9.63. The van der Waals surface area contributed by atoms with Gasteiger partial charge in [0.05, 0.1) is 0 Å². The Morgan fingerprint density at radius 1 is 0.875 bits per heavy atom. The summed E-state index contributed by atoms with van der Waals surface area (Å²) in [5, 5.41) is 2.87. The van der Waals surface area contributed by atoms with Crippen LogP contribution in [0.2, 0.25) is 0 Å². The lowest BCUT2D eigenvalue weighted by Crippen LogP contribution is -1.96. The van der Waals surface area contributed by atoms with E-state index in [0.717, 1.165) is 6.42 Å². The zero-order valence-electron chi connectivity index (χ0n) is 8.81. The minimum Gasteiger partial charge on any atom is -0.0837 e. The van der Waals surface area contributed by atoms with Gasteiger partial charge in [0.15, 0.2) is 0 Å². The second-order valence-corrected chi connectivity index (χ2v) is 4.36. The van der Waals surface area contributed by atoms with Crippen LogP contribution in [-0.4, -0.2) is 5.37 Å². The first-order valence-electron chi connectivity index (χ1n) is 5.45. The molecule has 0 atom stereocenters. The van der Waals surface area contributed by atoms with E-state index >= 15 is 0 Å². The molecule has 1 aliphatic rings. The molecule has 0 saturated carbocycles. The van der Waals surface area contributed by atoms with Crippen LogP contribution >= 0.6 is 12.2 Å². The maximum Gasteiger partial charge on any atom is 0.0301 e. The highest BCUT2D eigenvalue weighted by atomic mass is 32.1. The average molecular weight is 223 g/mol. The molecule has 1 radical (unpaired) electrons. The Bertz CT molecular complexity index is 497. The van der Waals surface area contributed by atoms with E-state index in [9.17, 15) is 0 Å². The van der Waals surface area contributed by atoms with Gasteiger partial charge in [0.2, 0.25) is 0 Å². The highest BCUT2D eigenvalue weighted by Gasteiger charge is 2.26. The van der Waals surface area contributed by atoms with E-state index < -0.39 is 0 Å². The lowest BCUT2D eigenvalue weighted by Gasteiger charge is -2.09. The van der Waals surface area contributed by atoms with Gasteiger partial charge < -0.3 is 0 Å². The van der Waals surface area contributed by atoms with Crippen molar-refractivity contribution in [1.82, 2.24) is 0 Å². The average Bonchev–Trinajstić information content (AvgIpc) is 2.66. The van der Waals surface area contributed by atoms with Crippen LogP contribution in [0.4, 0.5) is 0 Å². The Morgan fingerprint density at radius 2 is 1.38 bits per heavy atom. The van der Waals surface area contributed by atoms with Crippen molar-refractivity contribution in [2.45, 2.75) is 12.3 Å². The van der Waals surface area contributed by atoms with E-state index in [0.29, 0.717) is 5.92 Å². The fourth-order valence-electron chi connectivity index (χ4n) is 2.56. The Kier molecular flexibility index (Phi) is 2.33. The van der Waals surface area contributed by atoms with Gasteiger partial charge in [-0.1, -0.05) is 60.7 Å². The monoisotopic (exact) mass is 223 g/mol. The van der Waals surface area contributed by atoms with Crippen LogP contribution < -0.4 is 0 Å². The quantitative estimate of drug-likeness (QED) is 0.692. The molecule has 3 rings (SSSR count). The summed E-state index contributed by atoms with van der Waals surface area (Å²) in [7, 11) is 0. The van der Waals surface area contributed by atoms with Crippen molar-refractivity contribution in [3.05, 3.63) is 59.7 Å². The summed E-state index contributed by atoms with van der Waals surface area (Å²) in [5.74, 6) is 0.407. The molecule has 0 nitrogen and oxygen atoms in total. The minimum absolute atomic E-state index is 0.407. The van der Waals surface area contributed by atoms with Gasteiger partial charge in [0, 0.05) is 11.3 Å². The molecular formula is C15H11S. The fourth-order valence-corrected chi connectivity index (χ4v) is 2.73. The standard InChI is InChI=1S/C15H11S/c16-10-9-15-13-7-3-1-5-11(13)12-6-2-4-8-14(12)15/h1-8,15H,9H2. The molecule has 2 aromatic carbocycles. The summed E-state index contributed by atoms with van der Waals surface area (Å²) >= 11 is 4.90. The molecule has 0 spiro atoms. The summed E-state index contributed by atoms with van der Waals surface area (Å²) in [6, 6.07) is 17.2. The summed E-state index contributed by atoms with van der Waals surface area (Å²) in [5.41, 5.74) is 5.49. The Labute approximate surface area is 101 Å². The van der Waals surface area contributed by atoms with Crippen molar-refractivity contribution in [3.8, 4) is 11.1 Å². The zero-order chi connectivity index (χ0) is 11.0. The largest absolute Gasteiger partial charge is 0.0837 e. The summed E-state index contributed by atoms with van der Waals surface area (Å²) in [6.07, 6.45) is 0.823. The highest BCUT2D eigenvalue weighted by Crippen LogP contribution is 2.45. The third-order valence-corrected chi connectivity index (χ3v) is 3.42. The first kappa shape index (κ1) is 9.73. The summed E-state index contributed by atoms with van der Waals surface area (Å²) in [4.78, 5) is 0. The van der Waals surface area contributed by atoms with E-state index in [4.69, 9.17) is 12.2 Å². The normalized spacial score (nSPS) is 13.2. The Hall–Kier alpha value is -1.47. The number of benzene rings is 2. The smallest absolute Gasteiger partial charge is 0.0301 e. The summed E-state index contributed by atoms with van der Waals surface area (Å²) < 4.78 is 0. The van der Waals surface area contributed by atoms with Gasteiger partial charge in [-0.05, 0) is 28.7 Å². The molecule has 1 heteroatoms. The van der Waals surface area contributed by atoms with Crippen molar-refractivity contribution in [2.24, 2.45) is 0 Å². The first-order chi connectivity index (χ1) is 7.92. The maximum absolute atomic E-state index is 4.90. The SMILES string of the molecule is S=[C]CC1c2ccccc2-c2ccccc21. The number of fused-ring (bicyclic) bond motifs is 3. The molecule has 16 heavy (non-hydrogen) atoms. The minimum atomic E-state index is 0.407. The molecule has 0 saturated heterocycles. The van der Waals surface area contributed by atoms with Crippen LogP contribution in [-0.2, 0) is 0 Å². The molecule has 0 N–H and O–H groups in total. The highest BCUT2D eigenvalue weighted by molar-refractivity contribution is 7.78. The van der Waals surface area contributed by atoms with E-state index in [2.05, 4.69) is 53.9 Å². The molecule has 0 bridgehead atoms. The van der Waals surface area contributed by atoms with Crippen LogP contribution in [0, 0.1) is 0 Å². The third-order valence-electron chi connectivity index (χ3n) is 3.25. The van der Waals surface area contributed by atoms with Gasteiger partial charge >= 0.3 is 0 Å². The van der Waals surface area contributed by atoms with Crippen molar-refractivity contribution in [3.63, 3.8) is 0 Å². The van der Waals surface area contributed by atoms with E-state index in [1.165, 1.54) is 22.3 Å². The topological polar surface area (TPSA) is 0 Å². The molecule has 0 unspecified atom stereocenters. The van der Waals surface area contributed by atoms with Gasteiger partial charge in [-0.25, -0.2) is 0 Å². The fraction of sp³-hybridized carbons (Fsp3) is 0.133. The number of hydrogen-bond donors (Lipinski definition) is 0. The predicted molar refractivity (Wildman–Crippen MR) is 70.9 cm³/mol. The lowest BCUT2D eigenvalue weighted by atomic mass is 9.95. The van der Waals surface area contributed by atoms with Gasteiger partial charge in [-0.2, -0.15) is 0 Å². The van der Waals surface area contributed by atoms with Crippen LogP contribution in [0.1, 0.15) is 23.5 Å². The van der Waals surface area contributed by atoms with E-state index in [1.54, 1.807) is 0 Å². The number of hydrogen-bond acceptors (Lipinski definition) is 1. The predicted octanol–water partition coefficient (Wildman–Crippen LogP) is 4.07. The first-order valence-corrected chi connectivity index (χ1v) is 5.86. The van der Waals surface area contributed by atoms with E-state index in [1.807, 2.05) is 0 Å². The van der Waals surface area contributed by atoms with Gasteiger partial charge in [0.25, 0.3) is 0 Å².